The van der Waals surface area contributed by atoms with Crippen molar-refractivity contribution in [3.63, 3.8) is 0 Å². The summed E-state index contributed by atoms with van der Waals surface area (Å²) >= 11 is 5.98. The molecule has 3 heteroatoms. The minimum atomic E-state index is -0.420. The fraction of sp³-hybridized carbons (Fsp3) is 0.300. The molecule has 4 rings (SSSR count). The van der Waals surface area contributed by atoms with Gasteiger partial charge in [0.15, 0.2) is 5.72 Å². The zero-order chi connectivity index (χ0) is 16.1. The third kappa shape index (κ3) is 2.05. The van der Waals surface area contributed by atoms with E-state index in [1.54, 1.807) is 0 Å². The van der Waals surface area contributed by atoms with Gasteiger partial charge >= 0.3 is 0 Å². The van der Waals surface area contributed by atoms with Gasteiger partial charge in [0.05, 0.1) is 6.61 Å². The quantitative estimate of drug-likeness (QED) is 0.780. The first-order valence-electron chi connectivity index (χ1n) is 8.00. The molecule has 2 heterocycles. The van der Waals surface area contributed by atoms with Crippen molar-refractivity contribution >= 4 is 23.4 Å². The first-order chi connectivity index (χ1) is 11.0. The fourth-order valence-corrected chi connectivity index (χ4v) is 4.04. The number of nitrogens with zero attached hydrogens (tertiary/aromatic N) is 1. The van der Waals surface area contributed by atoms with Gasteiger partial charge in [-0.25, -0.2) is 0 Å². The van der Waals surface area contributed by atoms with Crippen molar-refractivity contribution < 1.29 is 4.74 Å². The number of rotatable bonds is 2. The summed E-state index contributed by atoms with van der Waals surface area (Å²) in [6.45, 7) is 6.21. The first kappa shape index (κ1) is 14.8. The van der Waals surface area contributed by atoms with Crippen molar-refractivity contribution in [2.75, 3.05) is 18.1 Å². The SMILES string of the molecule is CC1(C)c2ccccc2N2CCOC21/C=C\c1ccc(Cl)cc1. The number of anilines is 1. The molecule has 2 aromatic carbocycles. The zero-order valence-corrected chi connectivity index (χ0v) is 14.2. The molecule has 0 aromatic heterocycles. The van der Waals surface area contributed by atoms with E-state index >= 15 is 0 Å². The van der Waals surface area contributed by atoms with Gasteiger partial charge in [-0.05, 0) is 35.4 Å². The molecule has 0 amide bonds. The number of hydrogen-bond donors (Lipinski definition) is 0. The molecule has 2 aliphatic rings. The molecule has 1 fully saturated rings. The van der Waals surface area contributed by atoms with Crippen LogP contribution in [-0.2, 0) is 10.2 Å². The summed E-state index contributed by atoms with van der Waals surface area (Å²) in [6, 6.07) is 16.5. The average molecular weight is 326 g/mol. The third-order valence-electron chi connectivity index (χ3n) is 5.17. The Balaban J connectivity index is 1.78. The standard InChI is InChI=1S/C20H20ClNO/c1-19(2)17-5-3-4-6-18(17)22-13-14-23-20(19,22)12-11-15-7-9-16(21)10-8-15/h3-12H,13-14H2,1-2H3/b12-11-. The normalized spacial score (nSPS) is 24.9. The second kappa shape index (κ2) is 5.12. The summed E-state index contributed by atoms with van der Waals surface area (Å²) in [4.78, 5) is 2.40. The van der Waals surface area contributed by atoms with Crippen LogP contribution in [0.1, 0.15) is 25.0 Å². The van der Waals surface area contributed by atoms with E-state index in [1.807, 2.05) is 24.3 Å². The summed E-state index contributed by atoms with van der Waals surface area (Å²) < 4.78 is 6.32. The molecular weight excluding hydrogens is 306 g/mol. The van der Waals surface area contributed by atoms with Crippen LogP contribution in [0.3, 0.4) is 0 Å². The lowest BCUT2D eigenvalue weighted by molar-refractivity contribution is 0.000337. The van der Waals surface area contributed by atoms with Gasteiger partial charge in [0.25, 0.3) is 0 Å². The van der Waals surface area contributed by atoms with E-state index < -0.39 is 5.72 Å². The summed E-state index contributed by atoms with van der Waals surface area (Å²) in [6.07, 6.45) is 4.35. The Hall–Kier alpha value is -1.77. The van der Waals surface area contributed by atoms with Gasteiger partial charge < -0.3 is 9.64 Å². The molecule has 0 spiro atoms. The Labute approximate surface area is 142 Å². The van der Waals surface area contributed by atoms with Crippen LogP contribution in [0.25, 0.3) is 6.08 Å². The van der Waals surface area contributed by atoms with Crippen LogP contribution in [0.15, 0.2) is 54.6 Å². The van der Waals surface area contributed by atoms with Gasteiger partial charge in [-0.3, -0.25) is 0 Å². The van der Waals surface area contributed by atoms with Crippen molar-refractivity contribution in [3.05, 3.63) is 70.8 Å². The van der Waals surface area contributed by atoms with Crippen molar-refractivity contribution in [1.82, 2.24) is 0 Å². The molecule has 0 saturated carbocycles. The lowest BCUT2D eigenvalue weighted by atomic mass is 9.77. The number of halogens is 1. The largest absolute Gasteiger partial charge is 0.349 e. The summed E-state index contributed by atoms with van der Waals surface area (Å²) in [7, 11) is 0. The molecule has 2 aromatic rings. The predicted octanol–water partition coefficient (Wildman–Crippen LogP) is 4.88. The van der Waals surface area contributed by atoms with E-state index in [9.17, 15) is 0 Å². The Kier molecular flexibility index (Phi) is 3.29. The maximum absolute atomic E-state index is 6.32. The lowest BCUT2D eigenvalue weighted by Crippen LogP contribution is -2.51. The molecule has 0 N–H and O–H groups in total. The van der Waals surface area contributed by atoms with Crippen LogP contribution in [0.5, 0.6) is 0 Å². The van der Waals surface area contributed by atoms with Gasteiger partial charge in [-0.1, -0.05) is 61.9 Å². The van der Waals surface area contributed by atoms with Crippen LogP contribution >= 0.6 is 11.6 Å². The number of hydrogen-bond acceptors (Lipinski definition) is 2. The van der Waals surface area contributed by atoms with Gasteiger partial charge in [0.2, 0.25) is 0 Å². The molecule has 0 radical (unpaired) electrons. The highest BCUT2D eigenvalue weighted by molar-refractivity contribution is 6.30. The highest BCUT2D eigenvalue weighted by Crippen LogP contribution is 2.54. The minimum absolute atomic E-state index is 0.108. The Morgan fingerprint density at radius 3 is 2.61 bits per heavy atom. The molecule has 1 saturated heterocycles. The number of para-hydroxylation sites is 1. The summed E-state index contributed by atoms with van der Waals surface area (Å²) in [5.41, 5.74) is 3.24. The van der Waals surface area contributed by atoms with E-state index in [0.29, 0.717) is 0 Å². The van der Waals surface area contributed by atoms with Crippen LogP contribution in [0.4, 0.5) is 5.69 Å². The first-order valence-corrected chi connectivity index (χ1v) is 8.38. The van der Waals surface area contributed by atoms with Gasteiger partial charge in [-0.15, -0.1) is 0 Å². The molecule has 0 bridgehead atoms. The third-order valence-corrected chi connectivity index (χ3v) is 5.43. The van der Waals surface area contributed by atoms with Crippen LogP contribution in [0.2, 0.25) is 5.02 Å². The molecule has 2 nitrogen and oxygen atoms in total. The second-order valence-electron chi connectivity index (χ2n) is 6.72. The maximum atomic E-state index is 6.32. The number of ether oxygens (including phenoxy) is 1. The monoisotopic (exact) mass is 325 g/mol. The smallest absolute Gasteiger partial charge is 0.170 e. The molecule has 1 unspecified atom stereocenters. The molecule has 118 valence electrons. The molecule has 23 heavy (non-hydrogen) atoms. The van der Waals surface area contributed by atoms with Gasteiger partial charge in [0.1, 0.15) is 0 Å². The maximum Gasteiger partial charge on any atom is 0.170 e. The topological polar surface area (TPSA) is 12.5 Å². The minimum Gasteiger partial charge on any atom is -0.349 e. The highest BCUT2D eigenvalue weighted by Gasteiger charge is 2.58. The molecule has 0 aliphatic carbocycles. The van der Waals surface area contributed by atoms with Gasteiger partial charge in [0, 0.05) is 22.7 Å². The molecule has 1 atom stereocenters. The number of benzene rings is 2. The van der Waals surface area contributed by atoms with Gasteiger partial charge in [-0.2, -0.15) is 0 Å². The zero-order valence-electron chi connectivity index (χ0n) is 13.4. The number of fused-ring (bicyclic) bond motifs is 3. The lowest BCUT2D eigenvalue weighted by Gasteiger charge is -2.39. The molecule has 2 aliphatic heterocycles. The highest BCUT2D eigenvalue weighted by atomic mass is 35.5. The predicted molar refractivity (Wildman–Crippen MR) is 96.0 cm³/mol. The van der Waals surface area contributed by atoms with Crippen molar-refractivity contribution in [1.29, 1.82) is 0 Å². The van der Waals surface area contributed by atoms with E-state index in [2.05, 4.69) is 55.2 Å². The van der Waals surface area contributed by atoms with E-state index in [0.717, 1.165) is 23.7 Å². The summed E-state index contributed by atoms with van der Waals surface area (Å²) in [5.74, 6) is 0. The van der Waals surface area contributed by atoms with E-state index in [4.69, 9.17) is 16.3 Å². The average Bonchev–Trinajstić information content (AvgIpc) is 3.06. The summed E-state index contributed by atoms with van der Waals surface area (Å²) in [5, 5.41) is 0.757. The van der Waals surface area contributed by atoms with E-state index in [-0.39, 0.29) is 5.41 Å². The molecular formula is C20H20ClNO. The Bertz CT molecular complexity index is 765. The van der Waals surface area contributed by atoms with Crippen molar-refractivity contribution in [2.24, 2.45) is 0 Å². The Morgan fingerprint density at radius 1 is 1.09 bits per heavy atom. The second-order valence-corrected chi connectivity index (χ2v) is 7.16. The van der Waals surface area contributed by atoms with E-state index in [1.165, 1.54) is 11.3 Å². The van der Waals surface area contributed by atoms with Crippen molar-refractivity contribution in [2.45, 2.75) is 25.0 Å². The van der Waals surface area contributed by atoms with Crippen LogP contribution < -0.4 is 4.90 Å². The van der Waals surface area contributed by atoms with Crippen LogP contribution in [0, 0.1) is 0 Å². The fourth-order valence-electron chi connectivity index (χ4n) is 3.91. The Morgan fingerprint density at radius 2 is 1.83 bits per heavy atom. The van der Waals surface area contributed by atoms with Crippen molar-refractivity contribution in [3.8, 4) is 0 Å². The van der Waals surface area contributed by atoms with Crippen LogP contribution in [-0.4, -0.2) is 18.9 Å².